The van der Waals surface area contributed by atoms with Gasteiger partial charge in [0.1, 0.15) is 0 Å². The van der Waals surface area contributed by atoms with Gasteiger partial charge in [0, 0.05) is 6.92 Å². The second kappa shape index (κ2) is 3.98. The lowest BCUT2D eigenvalue weighted by molar-refractivity contribution is -0.129. The highest BCUT2D eigenvalue weighted by Gasteiger charge is 2.09. The molecule has 0 aromatic heterocycles. The standard InChI is InChI=1S/C6H12N2O2/c1-5(2)4-8(7-10)6(3)9/h5H,4H2,1-3H3. The molecule has 0 spiro atoms. The maximum absolute atomic E-state index is 10.5. The van der Waals surface area contributed by atoms with Gasteiger partial charge in [-0.15, -0.1) is 4.91 Å². The summed E-state index contributed by atoms with van der Waals surface area (Å²) in [5.74, 6) is -0.0229. The number of amides is 1. The Morgan fingerprint density at radius 1 is 1.60 bits per heavy atom. The first-order valence-electron chi connectivity index (χ1n) is 3.19. The zero-order valence-corrected chi connectivity index (χ0v) is 6.50. The molecule has 0 rings (SSSR count). The van der Waals surface area contributed by atoms with Crippen LogP contribution in [0.1, 0.15) is 20.8 Å². The summed E-state index contributed by atoms with van der Waals surface area (Å²) in [5, 5.41) is 3.48. The van der Waals surface area contributed by atoms with Crippen molar-refractivity contribution in [1.82, 2.24) is 5.01 Å². The van der Waals surface area contributed by atoms with Crippen LogP contribution in [0.5, 0.6) is 0 Å². The molecule has 0 bridgehead atoms. The Morgan fingerprint density at radius 3 is 2.20 bits per heavy atom. The number of hydrogen-bond donors (Lipinski definition) is 0. The smallest absolute Gasteiger partial charge is 0.242 e. The van der Waals surface area contributed by atoms with E-state index in [0.29, 0.717) is 6.54 Å². The van der Waals surface area contributed by atoms with Gasteiger partial charge in [0.2, 0.25) is 5.91 Å². The molecule has 0 radical (unpaired) electrons. The van der Waals surface area contributed by atoms with Crippen LogP contribution in [0.15, 0.2) is 5.29 Å². The molecule has 1 amide bonds. The Morgan fingerprint density at radius 2 is 2.10 bits per heavy atom. The molecule has 0 aromatic rings. The number of carbonyl (C=O) groups excluding carboxylic acids is 1. The van der Waals surface area contributed by atoms with E-state index in [1.54, 1.807) is 0 Å². The van der Waals surface area contributed by atoms with Gasteiger partial charge in [-0.2, -0.15) is 5.01 Å². The van der Waals surface area contributed by atoms with E-state index in [-0.39, 0.29) is 11.8 Å². The van der Waals surface area contributed by atoms with Crippen molar-refractivity contribution in [2.75, 3.05) is 6.54 Å². The zero-order chi connectivity index (χ0) is 8.15. The molecule has 0 fully saturated rings. The number of nitrogens with zero attached hydrogens (tertiary/aromatic N) is 2. The minimum absolute atomic E-state index is 0.279. The van der Waals surface area contributed by atoms with Crippen molar-refractivity contribution >= 4 is 5.91 Å². The van der Waals surface area contributed by atoms with Gasteiger partial charge in [0.15, 0.2) is 0 Å². The average molecular weight is 144 g/mol. The van der Waals surface area contributed by atoms with Crippen molar-refractivity contribution in [3.8, 4) is 0 Å². The summed E-state index contributed by atoms with van der Waals surface area (Å²) in [6, 6.07) is 0. The Hall–Kier alpha value is -0.930. The van der Waals surface area contributed by atoms with Crippen LogP contribution in [-0.2, 0) is 4.79 Å². The summed E-state index contributed by atoms with van der Waals surface area (Å²) in [6.45, 7) is 5.56. The quantitative estimate of drug-likeness (QED) is 0.441. The molecular formula is C6H12N2O2. The fourth-order valence-electron chi connectivity index (χ4n) is 0.565. The highest BCUT2D eigenvalue weighted by Crippen LogP contribution is 1.98. The van der Waals surface area contributed by atoms with Gasteiger partial charge in [-0.1, -0.05) is 13.8 Å². The van der Waals surface area contributed by atoms with Crippen LogP contribution in [0.2, 0.25) is 0 Å². The average Bonchev–Trinajstić information content (AvgIpc) is 1.81. The Bertz CT molecular complexity index is 134. The predicted molar refractivity (Wildman–Crippen MR) is 38.0 cm³/mol. The number of rotatable bonds is 3. The zero-order valence-electron chi connectivity index (χ0n) is 6.50. The van der Waals surface area contributed by atoms with E-state index in [2.05, 4.69) is 5.29 Å². The molecule has 0 saturated heterocycles. The molecule has 0 aliphatic rings. The first-order chi connectivity index (χ1) is 4.57. The largest absolute Gasteiger partial charge is 0.273 e. The van der Waals surface area contributed by atoms with E-state index >= 15 is 0 Å². The third-order valence-electron chi connectivity index (χ3n) is 1.00. The van der Waals surface area contributed by atoms with Crippen molar-refractivity contribution in [2.24, 2.45) is 11.2 Å². The molecule has 0 aliphatic heterocycles. The maximum Gasteiger partial charge on any atom is 0.242 e. The fraction of sp³-hybridized carbons (Fsp3) is 0.833. The second-order valence-corrected chi connectivity index (χ2v) is 2.58. The minimum atomic E-state index is -0.302. The van der Waals surface area contributed by atoms with Gasteiger partial charge in [0.25, 0.3) is 0 Å². The molecule has 4 nitrogen and oxygen atoms in total. The van der Waals surface area contributed by atoms with Crippen LogP contribution in [0.25, 0.3) is 0 Å². The van der Waals surface area contributed by atoms with Crippen LogP contribution < -0.4 is 0 Å². The van der Waals surface area contributed by atoms with Gasteiger partial charge in [-0.25, -0.2) is 0 Å². The van der Waals surface area contributed by atoms with Gasteiger partial charge < -0.3 is 0 Å². The van der Waals surface area contributed by atoms with Gasteiger partial charge in [-0.3, -0.25) is 4.79 Å². The van der Waals surface area contributed by atoms with Crippen LogP contribution in [0.4, 0.5) is 0 Å². The molecule has 0 heterocycles. The van der Waals surface area contributed by atoms with E-state index < -0.39 is 0 Å². The van der Waals surface area contributed by atoms with E-state index in [4.69, 9.17) is 0 Å². The molecule has 10 heavy (non-hydrogen) atoms. The molecule has 0 aliphatic carbocycles. The van der Waals surface area contributed by atoms with Gasteiger partial charge in [0.05, 0.1) is 11.8 Å². The molecule has 58 valence electrons. The topological polar surface area (TPSA) is 49.7 Å². The molecule has 0 aromatic carbocycles. The molecule has 0 N–H and O–H groups in total. The molecule has 4 heteroatoms. The summed E-state index contributed by atoms with van der Waals surface area (Å²) >= 11 is 0. The van der Waals surface area contributed by atoms with Gasteiger partial charge >= 0.3 is 0 Å². The van der Waals surface area contributed by atoms with Crippen molar-refractivity contribution in [2.45, 2.75) is 20.8 Å². The van der Waals surface area contributed by atoms with Crippen molar-refractivity contribution < 1.29 is 4.79 Å². The molecular weight excluding hydrogens is 132 g/mol. The van der Waals surface area contributed by atoms with E-state index in [0.717, 1.165) is 5.01 Å². The predicted octanol–water partition coefficient (Wildman–Crippen LogP) is 1.17. The molecule has 0 unspecified atom stereocenters. The van der Waals surface area contributed by atoms with Crippen LogP contribution in [0.3, 0.4) is 0 Å². The van der Waals surface area contributed by atoms with Crippen LogP contribution in [0, 0.1) is 10.8 Å². The first kappa shape index (κ1) is 9.07. The van der Waals surface area contributed by atoms with Crippen LogP contribution in [-0.4, -0.2) is 17.5 Å². The lowest BCUT2D eigenvalue weighted by Crippen LogP contribution is -2.26. The van der Waals surface area contributed by atoms with Crippen molar-refractivity contribution in [1.29, 1.82) is 0 Å². The number of nitroso groups, excluding NO2 is 1. The van der Waals surface area contributed by atoms with Crippen LogP contribution >= 0.6 is 0 Å². The lowest BCUT2D eigenvalue weighted by atomic mass is 10.2. The third-order valence-corrected chi connectivity index (χ3v) is 1.00. The SMILES string of the molecule is CC(=O)N(CC(C)C)N=O. The van der Waals surface area contributed by atoms with E-state index in [1.165, 1.54) is 6.92 Å². The monoisotopic (exact) mass is 144 g/mol. The Kier molecular flexibility index (Phi) is 3.61. The number of hydrogen-bond acceptors (Lipinski definition) is 3. The Balaban J connectivity index is 3.83. The summed E-state index contributed by atoms with van der Waals surface area (Å²) in [5.41, 5.74) is 0. The summed E-state index contributed by atoms with van der Waals surface area (Å²) < 4.78 is 0. The fourth-order valence-corrected chi connectivity index (χ4v) is 0.565. The van der Waals surface area contributed by atoms with E-state index in [1.807, 2.05) is 13.8 Å². The van der Waals surface area contributed by atoms with E-state index in [9.17, 15) is 9.70 Å². The highest BCUT2D eigenvalue weighted by atomic mass is 16.3. The minimum Gasteiger partial charge on any atom is -0.273 e. The normalized spacial score (nSPS) is 9.60. The summed E-state index contributed by atoms with van der Waals surface area (Å²) in [6.07, 6.45) is 0. The maximum atomic E-state index is 10.5. The van der Waals surface area contributed by atoms with Crippen molar-refractivity contribution in [3.05, 3.63) is 4.91 Å². The molecule has 0 atom stereocenters. The third kappa shape index (κ3) is 3.17. The second-order valence-electron chi connectivity index (χ2n) is 2.58. The van der Waals surface area contributed by atoms with Gasteiger partial charge in [-0.05, 0) is 5.92 Å². The Labute approximate surface area is 60.2 Å². The molecule has 0 saturated carbocycles. The first-order valence-corrected chi connectivity index (χ1v) is 3.19. The number of carbonyl (C=O) groups is 1. The highest BCUT2D eigenvalue weighted by molar-refractivity contribution is 5.72. The summed E-state index contributed by atoms with van der Waals surface area (Å²) in [4.78, 5) is 20.5. The summed E-state index contributed by atoms with van der Waals surface area (Å²) in [7, 11) is 0. The van der Waals surface area contributed by atoms with Crippen molar-refractivity contribution in [3.63, 3.8) is 0 Å². The lowest BCUT2D eigenvalue weighted by Gasteiger charge is -2.12.